The van der Waals surface area contributed by atoms with Crippen LogP contribution >= 0.6 is 0 Å². The van der Waals surface area contributed by atoms with Crippen molar-refractivity contribution >= 4 is 12.4 Å². The molecule has 0 spiro atoms. The van der Waals surface area contributed by atoms with Crippen molar-refractivity contribution in [3.8, 4) is 0 Å². The molecule has 0 aromatic rings. The monoisotopic (exact) mass is 114 g/mol. The van der Waals surface area contributed by atoms with Crippen LogP contribution in [0, 0.1) is 10.4 Å². The summed E-state index contributed by atoms with van der Waals surface area (Å²) < 4.78 is 0. The lowest BCUT2D eigenvalue weighted by atomic mass is 10.3. The highest BCUT2D eigenvalue weighted by molar-refractivity contribution is 5.61. The van der Waals surface area contributed by atoms with Crippen LogP contribution in [-0.2, 0) is 0 Å². The van der Waals surface area contributed by atoms with E-state index in [-0.39, 0.29) is 9.70 Å². The molecule has 0 N–H and O–H groups in total. The van der Waals surface area contributed by atoms with Crippen molar-refractivity contribution in [2.75, 3.05) is 0 Å². The Morgan fingerprint density at radius 3 is 1.62 bits per heavy atom. The van der Waals surface area contributed by atoms with Gasteiger partial charge in [-0.15, -0.1) is 0 Å². The predicted molar refractivity (Wildman–Crippen MR) is 28.6 cm³/mol. The summed E-state index contributed by atoms with van der Waals surface area (Å²) in [5, 5.41) is 20.5. The van der Waals surface area contributed by atoms with E-state index in [2.05, 4.69) is 0 Å². The summed E-state index contributed by atoms with van der Waals surface area (Å²) in [6.45, 7) is 0. The molecule has 0 saturated carbocycles. The molecule has 8 heavy (non-hydrogen) atoms. The third-order valence-electron chi connectivity index (χ3n) is 0.932. The van der Waals surface area contributed by atoms with Gasteiger partial charge < -0.3 is 10.4 Å². The summed E-state index contributed by atoms with van der Waals surface area (Å²) in [6.07, 6.45) is 3.96. The van der Waals surface area contributed by atoms with Crippen LogP contribution < -0.4 is 0 Å². The van der Waals surface area contributed by atoms with Gasteiger partial charge in [-0.3, -0.25) is 0 Å². The van der Waals surface area contributed by atoms with Crippen LogP contribution in [0.2, 0.25) is 0 Å². The van der Waals surface area contributed by atoms with Crippen molar-refractivity contribution in [1.82, 2.24) is 0 Å². The fraction of sp³-hybridized carbons (Fsp3) is 0.500. The second-order valence-electron chi connectivity index (χ2n) is 1.55. The Morgan fingerprint density at radius 2 is 1.38 bits per heavy atom. The molecule has 0 aromatic carbocycles. The Labute approximate surface area is 46.5 Å². The third kappa shape index (κ3) is 0.776. The van der Waals surface area contributed by atoms with Crippen LogP contribution in [0.1, 0.15) is 12.8 Å². The largest absolute Gasteiger partial charge is 0.562 e. The average molecular weight is 114 g/mol. The van der Waals surface area contributed by atoms with E-state index >= 15 is 0 Å². The Kier molecular flexibility index (Phi) is 1.15. The van der Waals surface area contributed by atoms with Gasteiger partial charge in [-0.05, 0) is 0 Å². The van der Waals surface area contributed by atoms with E-state index in [0.29, 0.717) is 12.8 Å². The van der Waals surface area contributed by atoms with Crippen molar-refractivity contribution in [2.24, 2.45) is 0 Å². The molecule has 0 radical (unpaired) electrons. The highest BCUT2D eigenvalue weighted by atomic mass is 16.7. The molecule has 0 aromatic heterocycles. The fourth-order valence-corrected chi connectivity index (χ4v) is 0.531. The second kappa shape index (κ2) is 1.81. The first kappa shape index (κ1) is 5.08. The quantitative estimate of drug-likeness (QED) is 0.325. The minimum Gasteiger partial charge on any atom is -0.562 e. The molecule has 4 nitrogen and oxygen atoms in total. The molecular weight excluding hydrogens is 108 g/mol. The van der Waals surface area contributed by atoms with Gasteiger partial charge in [0.05, 0.1) is 9.70 Å². The molecular formula is C4H6N2O2. The zero-order valence-electron chi connectivity index (χ0n) is 4.28. The minimum absolute atomic E-state index is 0.281. The molecule has 1 aliphatic rings. The van der Waals surface area contributed by atoms with Crippen molar-refractivity contribution < 1.29 is 9.70 Å². The summed E-state index contributed by atoms with van der Waals surface area (Å²) in [5.41, 5.74) is 0. The normalized spacial score (nSPS) is 19.5. The van der Waals surface area contributed by atoms with E-state index in [0.717, 1.165) is 0 Å². The van der Waals surface area contributed by atoms with Crippen LogP contribution in [-0.4, -0.2) is 22.1 Å². The maximum Gasteiger partial charge on any atom is 0.230 e. The van der Waals surface area contributed by atoms with Gasteiger partial charge in [0.1, 0.15) is 0 Å². The summed E-state index contributed by atoms with van der Waals surface area (Å²) in [5.74, 6) is 0. The minimum atomic E-state index is 0.281. The molecule has 1 aliphatic heterocycles. The molecule has 0 amide bonds. The molecule has 0 aliphatic carbocycles. The van der Waals surface area contributed by atoms with Crippen LogP contribution in [0.3, 0.4) is 0 Å². The van der Waals surface area contributed by atoms with Gasteiger partial charge in [-0.25, -0.2) is 0 Å². The fourth-order valence-electron chi connectivity index (χ4n) is 0.531. The van der Waals surface area contributed by atoms with Crippen molar-refractivity contribution in [1.29, 1.82) is 0 Å². The van der Waals surface area contributed by atoms with Crippen LogP contribution in [0.25, 0.3) is 0 Å². The van der Waals surface area contributed by atoms with Gasteiger partial charge in [-0.1, -0.05) is 0 Å². The highest BCUT2D eigenvalue weighted by Crippen LogP contribution is 1.87. The molecule has 0 saturated heterocycles. The molecule has 1 rings (SSSR count). The van der Waals surface area contributed by atoms with Crippen molar-refractivity contribution in [3.05, 3.63) is 10.4 Å². The van der Waals surface area contributed by atoms with Crippen LogP contribution in [0.15, 0.2) is 0 Å². The lowest BCUT2D eigenvalue weighted by Gasteiger charge is -2.01. The Balaban J connectivity index is 2.73. The summed E-state index contributed by atoms with van der Waals surface area (Å²) >= 11 is 0. The number of hydrazone groups is 2. The summed E-state index contributed by atoms with van der Waals surface area (Å²) in [6, 6.07) is 0. The molecule has 44 valence electrons. The van der Waals surface area contributed by atoms with Gasteiger partial charge in [0.25, 0.3) is 0 Å². The van der Waals surface area contributed by atoms with Gasteiger partial charge >= 0.3 is 0 Å². The number of hydrogen-bond donors (Lipinski definition) is 0. The van der Waals surface area contributed by atoms with E-state index < -0.39 is 0 Å². The predicted octanol–water partition coefficient (Wildman–Crippen LogP) is -0.143. The maximum absolute atomic E-state index is 10.2. The van der Waals surface area contributed by atoms with E-state index in [4.69, 9.17) is 0 Å². The number of rotatable bonds is 0. The zero-order chi connectivity index (χ0) is 5.98. The molecule has 1 heterocycles. The van der Waals surface area contributed by atoms with E-state index in [1.807, 2.05) is 0 Å². The third-order valence-corrected chi connectivity index (χ3v) is 0.932. The van der Waals surface area contributed by atoms with Crippen molar-refractivity contribution in [2.45, 2.75) is 12.8 Å². The SMILES string of the molecule is [O-][N+]1=CCCC=[N+]1[O-]. The smallest absolute Gasteiger partial charge is 0.230 e. The highest BCUT2D eigenvalue weighted by Gasteiger charge is 2.06. The van der Waals surface area contributed by atoms with Gasteiger partial charge in [0, 0.05) is 12.8 Å². The summed E-state index contributed by atoms with van der Waals surface area (Å²) in [4.78, 5) is 0.562. The van der Waals surface area contributed by atoms with Gasteiger partial charge in [0.15, 0.2) is 0 Å². The van der Waals surface area contributed by atoms with Crippen molar-refractivity contribution in [3.63, 3.8) is 0 Å². The first-order chi connectivity index (χ1) is 3.80. The van der Waals surface area contributed by atoms with E-state index in [1.165, 1.54) is 12.4 Å². The number of hydrazine groups is 1. The molecule has 4 heteroatoms. The van der Waals surface area contributed by atoms with E-state index in [9.17, 15) is 10.4 Å². The van der Waals surface area contributed by atoms with Gasteiger partial charge in [0.2, 0.25) is 12.4 Å². The standard InChI is InChI=1S/C4H6N2O2/c7-5-3-1-2-4-6(5)8/h3-4H,1-2H2. The number of nitrogens with zero attached hydrogens (tertiary/aromatic N) is 2. The lowest BCUT2D eigenvalue weighted by Crippen LogP contribution is -2.21. The molecule has 0 atom stereocenters. The summed E-state index contributed by atoms with van der Waals surface area (Å²) in [7, 11) is 0. The Morgan fingerprint density at radius 1 is 1.00 bits per heavy atom. The lowest BCUT2D eigenvalue weighted by molar-refractivity contribution is -1.05. The number of hydrogen-bond acceptors (Lipinski definition) is 2. The van der Waals surface area contributed by atoms with Crippen LogP contribution in [0.4, 0.5) is 0 Å². The topological polar surface area (TPSA) is 52.1 Å². The van der Waals surface area contributed by atoms with E-state index in [1.54, 1.807) is 0 Å². The Hall–Kier alpha value is -1.06. The van der Waals surface area contributed by atoms with Crippen LogP contribution in [0.5, 0.6) is 0 Å². The molecule has 0 bridgehead atoms. The first-order valence-corrected chi connectivity index (χ1v) is 2.40. The molecule has 0 fully saturated rings. The van der Waals surface area contributed by atoms with Gasteiger partial charge in [-0.2, -0.15) is 0 Å². The second-order valence-corrected chi connectivity index (χ2v) is 1.55. The average Bonchev–Trinajstić information content (AvgIpc) is 1.77. The Bertz CT molecular complexity index is 132. The molecule has 0 unspecified atom stereocenters. The maximum atomic E-state index is 10.2. The first-order valence-electron chi connectivity index (χ1n) is 2.40. The zero-order valence-corrected chi connectivity index (χ0v) is 4.28.